The van der Waals surface area contributed by atoms with Crippen LogP contribution in [-0.2, 0) is 26.2 Å². The van der Waals surface area contributed by atoms with Gasteiger partial charge < -0.3 is 10.6 Å². The zero-order chi connectivity index (χ0) is 25.9. The number of hydrogen-bond donors (Lipinski definition) is 2. The van der Waals surface area contributed by atoms with Gasteiger partial charge in [-0.2, -0.15) is 0 Å². The van der Waals surface area contributed by atoms with Crippen LogP contribution < -0.4 is 10.6 Å². The van der Waals surface area contributed by atoms with Crippen molar-refractivity contribution in [3.8, 4) is 0 Å². The lowest BCUT2D eigenvalue weighted by Crippen LogP contribution is -2.57. The lowest BCUT2D eigenvalue weighted by molar-refractivity contribution is -0.130. The maximum atomic E-state index is 13.3. The van der Waals surface area contributed by atoms with Gasteiger partial charge in [-0.05, 0) is 48.6 Å². The highest BCUT2D eigenvalue weighted by Crippen LogP contribution is 2.30. The van der Waals surface area contributed by atoms with E-state index in [0.29, 0.717) is 0 Å². The first-order valence-corrected chi connectivity index (χ1v) is 13.5. The Morgan fingerprint density at radius 3 is 2.53 bits per heavy atom. The third-order valence-electron chi connectivity index (χ3n) is 6.83. The molecule has 1 aromatic carbocycles. The van der Waals surface area contributed by atoms with Gasteiger partial charge in [0.1, 0.15) is 6.04 Å². The third-order valence-corrected chi connectivity index (χ3v) is 8.63. The smallest absolute Gasteiger partial charge is 0.264 e. The summed E-state index contributed by atoms with van der Waals surface area (Å²) in [6, 6.07) is 9.15. The number of likely N-dealkylation sites (tertiary alicyclic amines) is 1. The van der Waals surface area contributed by atoms with Crippen molar-refractivity contribution in [2.24, 2.45) is 5.41 Å². The SMILES string of the molecule is Cc1ccc(S(=O)(=O)N2C=CNC(=O)C2CC(=O)NC2CCN(Cc3ccncc3)CC2(C)C)cc1. The summed E-state index contributed by atoms with van der Waals surface area (Å²) in [6.45, 7) is 8.51. The first-order valence-electron chi connectivity index (χ1n) is 12.0. The molecule has 0 spiro atoms. The topological polar surface area (TPSA) is 112 Å². The molecule has 2 aliphatic heterocycles. The van der Waals surface area contributed by atoms with Crippen LogP contribution in [0.5, 0.6) is 0 Å². The van der Waals surface area contributed by atoms with Crippen LogP contribution in [0.1, 0.15) is 37.8 Å². The van der Waals surface area contributed by atoms with E-state index in [1.165, 1.54) is 30.1 Å². The van der Waals surface area contributed by atoms with Crippen molar-refractivity contribution >= 4 is 21.8 Å². The Balaban J connectivity index is 1.42. The van der Waals surface area contributed by atoms with Crippen molar-refractivity contribution in [3.05, 3.63) is 72.3 Å². The number of rotatable bonds is 7. The number of carbonyl (C=O) groups excluding carboxylic acids is 2. The predicted molar refractivity (Wildman–Crippen MR) is 136 cm³/mol. The quantitative estimate of drug-likeness (QED) is 0.589. The molecular weight excluding hydrogens is 478 g/mol. The van der Waals surface area contributed by atoms with E-state index in [9.17, 15) is 18.0 Å². The molecule has 2 aromatic rings. The Bertz CT molecular complexity index is 1230. The van der Waals surface area contributed by atoms with E-state index in [1.54, 1.807) is 24.5 Å². The maximum absolute atomic E-state index is 13.3. The zero-order valence-corrected chi connectivity index (χ0v) is 21.7. The van der Waals surface area contributed by atoms with Gasteiger partial charge in [-0.25, -0.2) is 8.42 Å². The van der Waals surface area contributed by atoms with E-state index in [2.05, 4.69) is 34.4 Å². The van der Waals surface area contributed by atoms with Crippen LogP contribution in [0.2, 0.25) is 0 Å². The predicted octanol–water partition coefficient (Wildman–Crippen LogP) is 2.16. The third kappa shape index (κ3) is 5.76. The Morgan fingerprint density at radius 1 is 1.17 bits per heavy atom. The number of nitrogens with one attached hydrogen (secondary N) is 2. The van der Waals surface area contributed by atoms with Crippen LogP contribution in [-0.4, -0.2) is 59.6 Å². The highest BCUT2D eigenvalue weighted by molar-refractivity contribution is 7.89. The molecule has 2 unspecified atom stereocenters. The average molecular weight is 512 g/mol. The number of hydrogen-bond acceptors (Lipinski definition) is 6. The molecule has 9 nitrogen and oxygen atoms in total. The van der Waals surface area contributed by atoms with E-state index < -0.39 is 22.0 Å². The standard InChI is InChI=1S/C26H33N5O4S/c1-19-4-6-21(7-5-19)36(34,35)31-15-13-28-25(33)22(31)16-24(32)29-23-10-14-30(18-26(23,2)3)17-20-8-11-27-12-9-20/h4-9,11-13,15,22-23H,10,14,16-18H2,1-3H3,(H,28,33)(H,29,32). The minimum atomic E-state index is -4.00. The van der Waals surface area contributed by atoms with E-state index in [-0.39, 0.29) is 28.7 Å². The Hall–Kier alpha value is -3.24. The molecule has 192 valence electrons. The number of aromatic nitrogens is 1. The second-order valence-corrected chi connectivity index (χ2v) is 12.0. The molecule has 3 heterocycles. The van der Waals surface area contributed by atoms with Gasteiger partial charge >= 0.3 is 0 Å². The van der Waals surface area contributed by atoms with Gasteiger partial charge in [-0.15, -0.1) is 0 Å². The van der Waals surface area contributed by atoms with E-state index >= 15 is 0 Å². The number of pyridine rings is 1. The number of amides is 2. The van der Waals surface area contributed by atoms with Crippen LogP contribution >= 0.6 is 0 Å². The monoisotopic (exact) mass is 511 g/mol. The second-order valence-electron chi connectivity index (χ2n) is 10.2. The summed E-state index contributed by atoms with van der Waals surface area (Å²) in [7, 11) is -4.00. The number of nitrogens with zero attached hydrogens (tertiary/aromatic N) is 3. The molecule has 0 aliphatic carbocycles. The molecule has 2 aliphatic rings. The van der Waals surface area contributed by atoms with Crippen molar-refractivity contribution in [2.45, 2.75) is 57.1 Å². The maximum Gasteiger partial charge on any atom is 0.264 e. The van der Waals surface area contributed by atoms with Crippen molar-refractivity contribution in [2.75, 3.05) is 13.1 Å². The second kappa shape index (κ2) is 10.4. The van der Waals surface area contributed by atoms with Gasteiger partial charge in [0.2, 0.25) is 11.8 Å². The van der Waals surface area contributed by atoms with Crippen LogP contribution in [0.3, 0.4) is 0 Å². The summed E-state index contributed by atoms with van der Waals surface area (Å²) >= 11 is 0. The molecule has 0 radical (unpaired) electrons. The first kappa shape index (κ1) is 25.8. The van der Waals surface area contributed by atoms with E-state index in [1.807, 2.05) is 19.1 Å². The molecule has 4 rings (SSSR count). The summed E-state index contributed by atoms with van der Waals surface area (Å²) < 4.78 is 27.5. The summed E-state index contributed by atoms with van der Waals surface area (Å²) in [5, 5.41) is 5.61. The zero-order valence-electron chi connectivity index (χ0n) is 20.8. The number of sulfonamides is 1. The Kier molecular flexibility index (Phi) is 7.46. The number of aryl methyl sites for hydroxylation is 1. The van der Waals surface area contributed by atoms with Crippen molar-refractivity contribution < 1.29 is 18.0 Å². The number of carbonyl (C=O) groups is 2. The fraction of sp³-hybridized carbons (Fsp3) is 0.423. The largest absolute Gasteiger partial charge is 0.353 e. The van der Waals surface area contributed by atoms with Gasteiger partial charge in [-0.3, -0.25) is 23.8 Å². The van der Waals surface area contributed by atoms with Crippen molar-refractivity contribution in [1.29, 1.82) is 0 Å². The van der Waals surface area contributed by atoms with Crippen LogP contribution in [0.15, 0.2) is 66.1 Å². The normalized spacial score (nSPS) is 22.2. The fourth-order valence-corrected chi connectivity index (χ4v) is 6.27. The summed E-state index contributed by atoms with van der Waals surface area (Å²) in [5.74, 6) is -0.884. The molecule has 1 saturated heterocycles. The first-order chi connectivity index (χ1) is 17.1. The van der Waals surface area contributed by atoms with Gasteiger partial charge in [0.25, 0.3) is 10.0 Å². The Morgan fingerprint density at radius 2 is 1.86 bits per heavy atom. The molecule has 1 fully saturated rings. The molecule has 0 saturated carbocycles. The lowest BCUT2D eigenvalue weighted by Gasteiger charge is -2.44. The van der Waals surface area contributed by atoms with Gasteiger partial charge in [0.05, 0.1) is 11.3 Å². The number of benzene rings is 1. The highest BCUT2D eigenvalue weighted by atomic mass is 32.2. The Labute approximate surface area is 212 Å². The summed E-state index contributed by atoms with van der Waals surface area (Å²) in [4.78, 5) is 32.2. The van der Waals surface area contributed by atoms with Crippen molar-refractivity contribution in [3.63, 3.8) is 0 Å². The molecule has 0 bridgehead atoms. The highest BCUT2D eigenvalue weighted by Gasteiger charge is 2.40. The minimum absolute atomic E-state index is 0.0700. The molecule has 10 heteroatoms. The molecule has 1 aromatic heterocycles. The lowest BCUT2D eigenvalue weighted by atomic mass is 9.79. The van der Waals surface area contributed by atoms with Crippen molar-refractivity contribution in [1.82, 2.24) is 24.8 Å². The molecule has 2 N–H and O–H groups in total. The molecule has 36 heavy (non-hydrogen) atoms. The van der Waals surface area contributed by atoms with Gasteiger partial charge in [0, 0.05) is 50.5 Å². The van der Waals surface area contributed by atoms with E-state index in [4.69, 9.17) is 0 Å². The number of piperidine rings is 1. The summed E-state index contributed by atoms with van der Waals surface area (Å²) in [5.41, 5.74) is 1.91. The molecule has 2 atom stereocenters. The van der Waals surface area contributed by atoms with Crippen LogP contribution in [0, 0.1) is 12.3 Å². The van der Waals surface area contributed by atoms with Gasteiger partial charge in [-0.1, -0.05) is 31.5 Å². The molecular formula is C26H33N5O4S. The van der Waals surface area contributed by atoms with E-state index in [0.717, 1.165) is 35.9 Å². The van der Waals surface area contributed by atoms with Crippen LogP contribution in [0.25, 0.3) is 0 Å². The minimum Gasteiger partial charge on any atom is -0.353 e. The average Bonchev–Trinajstić information content (AvgIpc) is 2.83. The summed E-state index contributed by atoms with van der Waals surface area (Å²) in [6.07, 6.45) is 6.64. The fourth-order valence-electron chi connectivity index (χ4n) is 4.82. The molecule has 2 amide bonds. The van der Waals surface area contributed by atoms with Crippen LogP contribution in [0.4, 0.5) is 0 Å². The van der Waals surface area contributed by atoms with Gasteiger partial charge in [0.15, 0.2) is 0 Å².